The number of nitrogens with zero attached hydrogens (tertiary/aromatic N) is 4. The van der Waals surface area contributed by atoms with Crippen LogP contribution in [0.1, 0.15) is 43.1 Å². The van der Waals surface area contributed by atoms with Gasteiger partial charge in [0.25, 0.3) is 0 Å². The number of hydrogen-bond acceptors (Lipinski definition) is 3. The van der Waals surface area contributed by atoms with E-state index in [4.69, 9.17) is 5.26 Å². The molecule has 6 rings (SSSR count). The van der Waals surface area contributed by atoms with Crippen molar-refractivity contribution in [3.8, 4) is 6.07 Å². The lowest BCUT2D eigenvalue weighted by molar-refractivity contribution is -0.155. The van der Waals surface area contributed by atoms with Gasteiger partial charge in [-0.25, -0.2) is 13.9 Å². The summed E-state index contributed by atoms with van der Waals surface area (Å²) in [6.07, 6.45) is 3.80. The second-order valence-electron chi connectivity index (χ2n) is 7.23. The number of rotatable bonds is 2. The van der Waals surface area contributed by atoms with Gasteiger partial charge in [-0.05, 0) is 43.4 Å². The van der Waals surface area contributed by atoms with Crippen molar-refractivity contribution in [3.63, 3.8) is 0 Å². The highest BCUT2D eigenvalue weighted by Gasteiger charge is 2.71. The summed E-state index contributed by atoms with van der Waals surface area (Å²) in [5.74, 6) is 0.533. The maximum Gasteiger partial charge on any atom is 0.347 e. The van der Waals surface area contributed by atoms with Crippen molar-refractivity contribution < 1.29 is 4.39 Å². The van der Waals surface area contributed by atoms with Gasteiger partial charge in [0.1, 0.15) is 11.6 Å². The largest absolute Gasteiger partial charge is 0.347 e. The number of halogens is 1. The van der Waals surface area contributed by atoms with Gasteiger partial charge in [-0.2, -0.15) is 10.4 Å². The monoisotopic (exact) mass is 310 g/mol. The van der Waals surface area contributed by atoms with E-state index in [0.717, 1.165) is 43.5 Å². The normalized spacial score (nSPS) is 33.5. The van der Waals surface area contributed by atoms with Gasteiger partial charge in [0.2, 0.25) is 0 Å². The maximum absolute atomic E-state index is 13.1. The first-order valence-electron chi connectivity index (χ1n) is 7.94. The molecule has 1 atom stereocenters. The highest BCUT2D eigenvalue weighted by Crippen LogP contribution is 2.70. The van der Waals surface area contributed by atoms with Crippen LogP contribution in [0.2, 0.25) is 0 Å². The van der Waals surface area contributed by atoms with Crippen LogP contribution in [0, 0.1) is 22.6 Å². The second kappa shape index (κ2) is 3.91. The predicted molar refractivity (Wildman–Crippen MR) is 79.2 cm³/mol. The van der Waals surface area contributed by atoms with Crippen LogP contribution in [0.25, 0.3) is 0 Å². The van der Waals surface area contributed by atoms with Crippen molar-refractivity contribution in [1.29, 1.82) is 5.26 Å². The van der Waals surface area contributed by atoms with E-state index in [0.29, 0.717) is 0 Å². The summed E-state index contributed by atoms with van der Waals surface area (Å²) in [6, 6.07) is 8.64. The molecule has 4 aliphatic rings. The zero-order valence-corrected chi connectivity index (χ0v) is 12.5. The first-order chi connectivity index (χ1) is 11.1. The summed E-state index contributed by atoms with van der Waals surface area (Å²) in [5.41, 5.74) is 0.428. The van der Waals surface area contributed by atoms with Gasteiger partial charge in [0.05, 0.1) is 23.1 Å². The maximum atomic E-state index is 13.1. The lowest BCUT2D eigenvalue weighted by atomic mass is 9.40. The average molecular weight is 310 g/mol. The highest BCUT2D eigenvalue weighted by atomic mass is 19.1. The standard InChI is InChI=1S/C17H15FN4O/c18-12-3-1-11(2-4-12)13-5-6-14-20-22(15(23)21(13)14)17-7-16(8-17,9-17)10-19/h1-4,13H,5-9H2/t13-,16?,17?/m0/s1. The van der Waals surface area contributed by atoms with Crippen LogP contribution in [-0.4, -0.2) is 14.3 Å². The molecular weight excluding hydrogens is 295 g/mol. The van der Waals surface area contributed by atoms with Crippen molar-refractivity contribution in [2.24, 2.45) is 5.41 Å². The van der Waals surface area contributed by atoms with Crippen LogP contribution < -0.4 is 5.69 Å². The fraction of sp³-hybridized carbons (Fsp3) is 0.471. The molecule has 0 radical (unpaired) electrons. The van der Waals surface area contributed by atoms with Crippen LogP contribution in [0.4, 0.5) is 4.39 Å². The van der Waals surface area contributed by atoms with E-state index in [9.17, 15) is 9.18 Å². The molecule has 0 spiro atoms. The molecule has 0 N–H and O–H groups in total. The molecule has 5 nitrogen and oxygen atoms in total. The molecule has 2 heterocycles. The summed E-state index contributed by atoms with van der Waals surface area (Å²) in [4.78, 5) is 12.9. The molecule has 23 heavy (non-hydrogen) atoms. The number of benzene rings is 1. The van der Waals surface area contributed by atoms with Gasteiger partial charge < -0.3 is 0 Å². The van der Waals surface area contributed by atoms with Crippen LogP contribution in [0.15, 0.2) is 29.1 Å². The van der Waals surface area contributed by atoms with Gasteiger partial charge in [-0.1, -0.05) is 12.1 Å². The van der Waals surface area contributed by atoms with Gasteiger partial charge in [0, 0.05) is 6.42 Å². The third kappa shape index (κ3) is 1.50. The summed E-state index contributed by atoms with van der Waals surface area (Å²) in [7, 11) is 0. The van der Waals surface area contributed by atoms with Crippen molar-refractivity contribution in [1.82, 2.24) is 14.3 Å². The molecule has 3 aliphatic carbocycles. The fourth-order valence-electron chi connectivity index (χ4n) is 4.68. The molecule has 2 bridgehead atoms. The quantitative estimate of drug-likeness (QED) is 0.853. The van der Waals surface area contributed by atoms with Crippen LogP contribution in [0.3, 0.4) is 0 Å². The van der Waals surface area contributed by atoms with E-state index in [1.54, 1.807) is 21.4 Å². The zero-order chi connectivity index (χ0) is 15.8. The lowest BCUT2D eigenvalue weighted by Gasteiger charge is -2.65. The summed E-state index contributed by atoms with van der Waals surface area (Å²) < 4.78 is 16.5. The number of fused-ring (bicyclic) bond motifs is 1. The lowest BCUT2D eigenvalue weighted by Crippen LogP contribution is -2.69. The number of hydrogen-bond donors (Lipinski definition) is 0. The Balaban J connectivity index is 1.54. The van der Waals surface area contributed by atoms with Crippen molar-refractivity contribution in [2.45, 2.75) is 43.7 Å². The van der Waals surface area contributed by atoms with Gasteiger partial charge in [-0.15, -0.1) is 0 Å². The Kier molecular flexibility index (Phi) is 2.22. The second-order valence-corrected chi connectivity index (χ2v) is 7.23. The predicted octanol–water partition coefficient (Wildman–Crippen LogP) is 2.12. The van der Waals surface area contributed by atoms with Gasteiger partial charge in [-0.3, -0.25) is 4.57 Å². The highest BCUT2D eigenvalue weighted by molar-refractivity contribution is 5.29. The van der Waals surface area contributed by atoms with Crippen molar-refractivity contribution >= 4 is 0 Å². The SMILES string of the molecule is N#CC12CC(n3nc4n(c3=O)[C@H](c3ccc(F)cc3)CC4)(C1)C2. The van der Waals surface area contributed by atoms with E-state index in [-0.39, 0.29) is 28.5 Å². The van der Waals surface area contributed by atoms with E-state index in [1.807, 2.05) is 0 Å². The van der Waals surface area contributed by atoms with Gasteiger partial charge in [0.15, 0.2) is 0 Å². The Bertz CT molecular complexity index is 898. The number of aryl methyl sites for hydroxylation is 1. The number of aromatic nitrogens is 3. The molecule has 0 unspecified atom stereocenters. The smallest absolute Gasteiger partial charge is 0.271 e. The summed E-state index contributed by atoms with van der Waals surface area (Å²) in [5, 5.41) is 13.7. The van der Waals surface area contributed by atoms with Crippen molar-refractivity contribution in [3.05, 3.63) is 52.0 Å². The average Bonchev–Trinajstić information content (AvgIpc) is 3.00. The third-order valence-electron chi connectivity index (χ3n) is 5.78. The van der Waals surface area contributed by atoms with Crippen LogP contribution in [-0.2, 0) is 12.0 Å². The Morgan fingerprint density at radius 2 is 1.96 bits per heavy atom. The minimum absolute atomic E-state index is 0.0656. The first-order valence-corrected chi connectivity index (χ1v) is 7.94. The minimum Gasteiger partial charge on any atom is -0.271 e. The first kappa shape index (κ1) is 13.1. The van der Waals surface area contributed by atoms with Crippen LogP contribution >= 0.6 is 0 Å². The molecule has 3 saturated carbocycles. The molecule has 1 aromatic carbocycles. The van der Waals surface area contributed by atoms with E-state index in [1.165, 1.54) is 12.1 Å². The van der Waals surface area contributed by atoms with Crippen LogP contribution in [0.5, 0.6) is 0 Å². The molecule has 3 fully saturated rings. The fourth-order valence-corrected chi connectivity index (χ4v) is 4.68. The Hall–Kier alpha value is -2.42. The topological polar surface area (TPSA) is 63.6 Å². The molecule has 116 valence electrons. The minimum atomic E-state index is -0.273. The zero-order valence-electron chi connectivity index (χ0n) is 12.5. The Morgan fingerprint density at radius 1 is 1.26 bits per heavy atom. The molecule has 1 aliphatic heterocycles. The third-order valence-corrected chi connectivity index (χ3v) is 5.78. The Morgan fingerprint density at radius 3 is 2.61 bits per heavy atom. The van der Waals surface area contributed by atoms with E-state index < -0.39 is 0 Å². The molecule has 6 heteroatoms. The van der Waals surface area contributed by atoms with Gasteiger partial charge >= 0.3 is 5.69 Å². The van der Waals surface area contributed by atoms with E-state index in [2.05, 4.69) is 11.2 Å². The molecular formula is C17H15FN4O. The van der Waals surface area contributed by atoms with E-state index >= 15 is 0 Å². The molecule has 0 amide bonds. The number of nitriles is 1. The Labute approximate surface area is 132 Å². The summed E-state index contributed by atoms with van der Waals surface area (Å²) in [6.45, 7) is 0. The summed E-state index contributed by atoms with van der Waals surface area (Å²) >= 11 is 0. The van der Waals surface area contributed by atoms with Crippen molar-refractivity contribution in [2.75, 3.05) is 0 Å². The molecule has 0 saturated heterocycles. The molecule has 2 aromatic rings. The molecule has 1 aromatic heterocycles.